The second-order valence-corrected chi connectivity index (χ2v) is 4.24. The van der Waals surface area contributed by atoms with Gasteiger partial charge >= 0.3 is 0 Å². The van der Waals surface area contributed by atoms with E-state index in [0.717, 1.165) is 19.6 Å². The first kappa shape index (κ1) is 14.6. The van der Waals surface area contributed by atoms with Gasteiger partial charge in [0, 0.05) is 32.2 Å². The van der Waals surface area contributed by atoms with Crippen molar-refractivity contribution in [2.45, 2.75) is 52.6 Å². The predicted octanol–water partition coefficient (Wildman–Crippen LogP) is 2.10. The summed E-state index contributed by atoms with van der Waals surface area (Å²) in [6.07, 6.45) is 1.74. The second kappa shape index (κ2) is 7.83. The van der Waals surface area contributed by atoms with E-state index < -0.39 is 0 Å². The van der Waals surface area contributed by atoms with Gasteiger partial charge in [-0.25, -0.2) is 0 Å². The number of Topliss-reactive ketones (excluding diaryl/α,β-unsaturated/α-hetero) is 1. The lowest BCUT2D eigenvalue weighted by molar-refractivity contribution is -0.118. The summed E-state index contributed by atoms with van der Waals surface area (Å²) < 4.78 is 5.10. The zero-order chi connectivity index (χ0) is 11.8. The van der Waals surface area contributed by atoms with E-state index in [0.29, 0.717) is 18.5 Å². The summed E-state index contributed by atoms with van der Waals surface area (Å²) in [6.45, 7) is 9.77. The molecule has 0 fully saturated rings. The van der Waals surface area contributed by atoms with Crippen molar-refractivity contribution in [1.29, 1.82) is 0 Å². The maximum Gasteiger partial charge on any atom is 0.131 e. The molecule has 0 aromatic carbocycles. The van der Waals surface area contributed by atoms with Crippen LogP contribution in [0.3, 0.4) is 0 Å². The molecule has 0 aliphatic heterocycles. The lowest BCUT2D eigenvalue weighted by atomic mass is 10.1. The molecule has 0 bridgehead atoms. The van der Waals surface area contributed by atoms with Crippen LogP contribution < -0.4 is 0 Å². The fraction of sp³-hybridized carbons (Fsp3) is 0.917. The molecule has 0 aromatic rings. The van der Waals surface area contributed by atoms with Gasteiger partial charge in [-0.15, -0.1) is 0 Å². The number of carbonyl (C=O) groups excluding carboxylic acids is 1. The van der Waals surface area contributed by atoms with Gasteiger partial charge in [0.05, 0.1) is 6.61 Å². The number of hydrogen-bond acceptors (Lipinski definition) is 3. The minimum atomic E-state index is 0.258. The Morgan fingerprint density at radius 2 is 1.93 bits per heavy atom. The highest BCUT2D eigenvalue weighted by atomic mass is 16.5. The third-order valence-electron chi connectivity index (χ3n) is 2.86. The molecule has 2 atom stereocenters. The molecule has 0 N–H and O–H groups in total. The first-order chi connectivity index (χ1) is 7.02. The smallest absolute Gasteiger partial charge is 0.131 e. The van der Waals surface area contributed by atoms with Crippen LogP contribution in [-0.2, 0) is 9.53 Å². The molecule has 3 heteroatoms. The molecule has 2 unspecified atom stereocenters. The van der Waals surface area contributed by atoms with Crippen molar-refractivity contribution in [2.75, 3.05) is 20.3 Å². The van der Waals surface area contributed by atoms with E-state index in [2.05, 4.69) is 25.7 Å². The summed E-state index contributed by atoms with van der Waals surface area (Å²) in [5.74, 6) is 0.258. The molecule has 15 heavy (non-hydrogen) atoms. The summed E-state index contributed by atoms with van der Waals surface area (Å²) >= 11 is 0. The summed E-state index contributed by atoms with van der Waals surface area (Å²) in [5.41, 5.74) is 0. The van der Waals surface area contributed by atoms with Crippen molar-refractivity contribution in [3.63, 3.8) is 0 Å². The molecule has 0 aromatic heterocycles. The van der Waals surface area contributed by atoms with Gasteiger partial charge in [0.1, 0.15) is 5.78 Å². The Kier molecular flexibility index (Phi) is 7.61. The van der Waals surface area contributed by atoms with Crippen molar-refractivity contribution in [3.8, 4) is 0 Å². The normalized spacial score (nSPS) is 15.3. The molecule has 0 rings (SSSR count). The van der Waals surface area contributed by atoms with E-state index >= 15 is 0 Å². The minimum absolute atomic E-state index is 0.258. The van der Waals surface area contributed by atoms with Crippen LogP contribution in [0.5, 0.6) is 0 Å². The minimum Gasteiger partial charge on any atom is -0.383 e. The number of hydrogen-bond donors (Lipinski definition) is 0. The Labute approximate surface area is 93.8 Å². The van der Waals surface area contributed by atoms with Crippen molar-refractivity contribution in [2.24, 2.45) is 0 Å². The van der Waals surface area contributed by atoms with Gasteiger partial charge < -0.3 is 4.74 Å². The van der Waals surface area contributed by atoms with Gasteiger partial charge in [0.15, 0.2) is 0 Å². The summed E-state index contributed by atoms with van der Waals surface area (Å²) in [5, 5.41) is 0. The molecule has 0 aliphatic rings. The van der Waals surface area contributed by atoms with Crippen LogP contribution in [0.15, 0.2) is 0 Å². The van der Waals surface area contributed by atoms with Crippen molar-refractivity contribution >= 4 is 5.78 Å². The van der Waals surface area contributed by atoms with E-state index in [1.807, 2.05) is 0 Å². The average Bonchev–Trinajstić information content (AvgIpc) is 2.16. The van der Waals surface area contributed by atoms with Crippen LogP contribution in [0.2, 0.25) is 0 Å². The van der Waals surface area contributed by atoms with Crippen LogP contribution in [0.1, 0.15) is 40.5 Å². The lowest BCUT2D eigenvalue weighted by Gasteiger charge is -2.33. The monoisotopic (exact) mass is 215 g/mol. The fourth-order valence-corrected chi connectivity index (χ4v) is 1.84. The maximum atomic E-state index is 11.1. The topological polar surface area (TPSA) is 29.5 Å². The summed E-state index contributed by atoms with van der Waals surface area (Å²) in [4.78, 5) is 13.4. The van der Waals surface area contributed by atoms with Crippen molar-refractivity contribution in [3.05, 3.63) is 0 Å². The molecule has 0 heterocycles. The number of nitrogens with zero attached hydrogens (tertiary/aromatic N) is 1. The highest BCUT2D eigenvalue weighted by Gasteiger charge is 2.19. The van der Waals surface area contributed by atoms with Gasteiger partial charge in [-0.2, -0.15) is 0 Å². The Morgan fingerprint density at radius 1 is 1.33 bits per heavy atom. The van der Waals surface area contributed by atoms with E-state index in [4.69, 9.17) is 4.74 Å². The third-order valence-corrected chi connectivity index (χ3v) is 2.86. The van der Waals surface area contributed by atoms with E-state index in [1.54, 1.807) is 14.0 Å². The Balaban J connectivity index is 4.25. The number of carbonyl (C=O) groups is 1. The quantitative estimate of drug-likeness (QED) is 0.621. The van der Waals surface area contributed by atoms with Gasteiger partial charge in [0.25, 0.3) is 0 Å². The van der Waals surface area contributed by atoms with Crippen LogP contribution in [-0.4, -0.2) is 43.0 Å². The van der Waals surface area contributed by atoms with Crippen molar-refractivity contribution in [1.82, 2.24) is 4.90 Å². The molecule has 0 saturated carbocycles. The van der Waals surface area contributed by atoms with Crippen molar-refractivity contribution < 1.29 is 9.53 Å². The number of rotatable bonds is 8. The zero-order valence-corrected chi connectivity index (χ0v) is 10.7. The summed E-state index contributed by atoms with van der Waals surface area (Å²) in [7, 11) is 1.71. The highest BCUT2D eigenvalue weighted by molar-refractivity contribution is 5.76. The Bertz CT molecular complexity index is 182. The predicted molar refractivity (Wildman–Crippen MR) is 63.1 cm³/mol. The van der Waals surface area contributed by atoms with E-state index in [-0.39, 0.29) is 5.78 Å². The number of ketones is 1. The fourth-order valence-electron chi connectivity index (χ4n) is 1.84. The second-order valence-electron chi connectivity index (χ2n) is 4.24. The Hall–Kier alpha value is -0.410. The molecule has 0 radical (unpaired) electrons. The first-order valence-electron chi connectivity index (χ1n) is 5.77. The molecular formula is C12H25NO2. The van der Waals surface area contributed by atoms with E-state index in [9.17, 15) is 4.79 Å². The zero-order valence-electron chi connectivity index (χ0n) is 10.7. The molecule has 0 aliphatic carbocycles. The standard InChI is InChI=1S/C12H25NO2/c1-6-10(2)13(7-8-15-5)11(3)9-12(4)14/h10-11H,6-9H2,1-5H3. The average molecular weight is 215 g/mol. The van der Waals surface area contributed by atoms with Gasteiger partial charge in [0.2, 0.25) is 0 Å². The Morgan fingerprint density at radius 3 is 2.33 bits per heavy atom. The molecule has 0 saturated heterocycles. The third kappa shape index (κ3) is 5.90. The molecule has 0 amide bonds. The van der Waals surface area contributed by atoms with Gasteiger partial charge in [-0.05, 0) is 27.2 Å². The highest BCUT2D eigenvalue weighted by Crippen LogP contribution is 2.11. The maximum absolute atomic E-state index is 11.1. The number of methoxy groups -OCH3 is 1. The van der Waals surface area contributed by atoms with Crippen LogP contribution in [0.4, 0.5) is 0 Å². The number of ether oxygens (including phenoxy) is 1. The van der Waals surface area contributed by atoms with E-state index in [1.165, 1.54) is 0 Å². The molecular weight excluding hydrogens is 190 g/mol. The summed E-state index contributed by atoms with van der Waals surface area (Å²) in [6, 6.07) is 0.821. The first-order valence-corrected chi connectivity index (χ1v) is 5.77. The largest absolute Gasteiger partial charge is 0.383 e. The lowest BCUT2D eigenvalue weighted by Crippen LogP contribution is -2.42. The van der Waals surface area contributed by atoms with Crippen LogP contribution in [0, 0.1) is 0 Å². The molecule has 90 valence electrons. The molecule has 0 spiro atoms. The molecule has 3 nitrogen and oxygen atoms in total. The van der Waals surface area contributed by atoms with Crippen LogP contribution >= 0.6 is 0 Å². The van der Waals surface area contributed by atoms with Gasteiger partial charge in [-0.1, -0.05) is 6.92 Å². The van der Waals surface area contributed by atoms with Gasteiger partial charge in [-0.3, -0.25) is 9.69 Å². The SMILES string of the molecule is CCC(C)N(CCOC)C(C)CC(C)=O. The van der Waals surface area contributed by atoms with Crippen LogP contribution in [0.25, 0.3) is 0 Å².